The Morgan fingerprint density at radius 3 is 2.85 bits per heavy atom. The Labute approximate surface area is 118 Å². The molecule has 20 heavy (non-hydrogen) atoms. The fourth-order valence-electron chi connectivity index (χ4n) is 1.95. The van der Waals surface area contributed by atoms with Gasteiger partial charge in [0.15, 0.2) is 0 Å². The van der Waals surface area contributed by atoms with Crippen molar-refractivity contribution in [2.24, 2.45) is 5.92 Å². The topological polar surface area (TPSA) is 40.5 Å². The third-order valence-corrected chi connectivity index (χ3v) is 3.25. The number of amides is 1. The minimum atomic E-state index is -0.499. The predicted octanol–water partition coefficient (Wildman–Crippen LogP) is 2.04. The van der Waals surface area contributed by atoms with Crippen molar-refractivity contribution in [1.29, 1.82) is 0 Å². The van der Waals surface area contributed by atoms with Crippen LogP contribution in [0.2, 0.25) is 0 Å². The number of nitrogens with zero attached hydrogens (tertiary/aromatic N) is 1. The molecule has 1 fully saturated rings. The molecule has 1 aliphatic rings. The van der Waals surface area contributed by atoms with Crippen molar-refractivity contribution in [2.75, 3.05) is 20.2 Å². The van der Waals surface area contributed by atoms with Crippen LogP contribution < -0.4 is 0 Å². The van der Waals surface area contributed by atoms with Crippen LogP contribution in [0.3, 0.4) is 0 Å². The Morgan fingerprint density at radius 2 is 2.25 bits per heavy atom. The number of rotatable bonds is 4. The molecule has 1 amide bonds. The molecule has 106 valence electrons. The molecule has 0 saturated heterocycles. The van der Waals surface area contributed by atoms with Crippen LogP contribution in [0.5, 0.6) is 0 Å². The van der Waals surface area contributed by atoms with Crippen LogP contribution in [-0.2, 0) is 0 Å². The third kappa shape index (κ3) is 3.82. The molecule has 0 atom stereocenters. The number of halogens is 1. The largest absolute Gasteiger partial charge is 0.395 e. The summed E-state index contributed by atoms with van der Waals surface area (Å²) < 4.78 is 13.8. The molecule has 1 aromatic carbocycles. The zero-order chi connectivity index (χ0) is 14.5. The van der Waals surface area contributed by atoms with Crippen molar-refractivity contribution >= 4 is 5.91 Å². The van der Waals surface area contributed by atoms with E-state index in [2.05, 4.69) is 11.8 Å². The lowest BCUT2D eigenvalue weighted by Gasteiger charge is -2.16. The van der Waals surface area contributed by atoms with E-state index in [1.54, 1.807) is 18.0 Å². The van der Waals surface area contributed by atoms with Crippen molar-refractivity contribution < 1.29 is 14.3 Å². The first kappa shape index (κ1) is 14.5. The molecule has 1 N–H and O–H groups in total. The molecular formula is C16H18FNO2. The van der Waals surface area contributed by atoms with E-state index in [1.807, 2.05) is 0 Å². The lowest BCUT2D eigenvalue weighted by Crippen LogP contribution is -2.28. The van der Waals surface area contributed by atoms with E-state index >= 15 is 0 Å². The van der Waals surface area contributed by atoms with E-state index in [0.29, 0.717) is 17.9 Å². The van der Waals surface area contributed by atoms with Crippen LogP contribution in [0.25, 0.3) is 0 Å². The molecule has 1 aliphatic carbocycles. The highest BCUT2D eigenvalue weighted by Gasteiger charge is 2.25. The maximum atomic E-state index is 13.8. The van der Waals surface area contributed by atoms with Gasteiger partial charge in [-0.3, -0.25) is 4.79 Å². The lowest BCUT2D eigenvalue weighted by molar-refractivity contribution is 0.0788. The summed E-state index contributed by atoms with van der Waals surface area (Å²) in [6.45, 7) is 0.690. The Bertz CT molecular complexity index is 555. The molecule has 0 spiro atoms. The summed E-state index contributed by atoms with van der Waals surface area (Å²) in [5.74, 6) is 5.25. The fraction of sp³-hybridized carbons (Fsp3) is 0.438. The fourth-order valence-corrected chi connectivity index (χ4v) is 1.95. The van der Waals surface area contributed by atoms with E-state index in [1.165, 1.54) is 25.0 Å². The van der Waals surface area contributed by atoms with Crippen LogP contribution in [0, 0.1) is 23.6 Å². The zero-order valence-electron chi connectivity index (χ0n) is 11.5. The Hall–Kier alpha value is -1.86. The van der Waals surface area contributed by atoms with Gasteiger partial charge in [-0.1, -0.05) is 11.8 Å². The second-order valence-corrected chi connectivity index (χ2v) is 5.10. The van der Waals surface area contributed by atoms with Gasteiger partial charge in [-0.2, -0.15) is 0 Å². The SMILES string of the molecule is CN(CC1CC1)C(=O)c1ccc(C#CCCO)c(F)c1. The van der Waals surface area contributed by atoms with E-state index in [9.17, 15) is 9.18 Å². The summed E-state index contributed by atoms with van der Waals surface area (Å²) in [5.41, 5.74) is 0.596. The van der Waals surface area contributed by atoms with Gasteiger partial charge in [0, 0.05) is 25.6 Å². The highest BCUT2D eigenvalue weighted by Crippen LogP contribution is 2.29. The van der Waals surface area contributed by atoms with Crippen molar-refractivity contribution in [3.8, 4) is 11.8 Å². The average Bonchev–Trinajstić information content (AvgIpc) is 3.23. The first-order valence-corrected chi connectivity index (χ1v) is 6.76. The smallest absolute Gasteiger partial charge is 0.253 e. The lowest BCUT2D eigenvalue weighted by atomic mass is 10.1. The first-order valence-electron chi connectivity index (χ1n) is 6.76. The summed E-state index contributed by atoms with van der Waals surface area (Å²) in [7, 11) is 1.74. The van der Waals surface area contributed by atoms with Gasteiger partial charge in [0.2, 0.25) is 0 Å². The van der Waals surface area contributed by atoms with Crippen molar-refractivity contribution in [3.63, 3.8) is 0 Å². The normalized spacial score (nSPS) is 13.6. The number of carbonyl (C=O) groups is 1. The van der Waals surface area contributed by atoms with Gasteiger partial charge >= 0.3 is 0 Å². The molecule has 3 nitrogen and oxygen atoms in total. The first-order chi connectivity index (χ1) is 9.61. The Morgan fingerprint density at radius 1 is 1.50 bits per heavy atom. The predicted molar refractivity (Wildman–Crippen MR) is 74.7 cm³/mol. The monoisotopic (exact) mass is 275 g/mol. The van der Waals surface area contributed by atoms with Crippen LogP contribution >= 0.6 is 0 Å². The molecule has 0 radical (unpaired) electrons. The maximum absolute atomic E-state index is 13.8. The van der Waals surface area contributed by atoms with E-state index < -0.39 is 5.82 Å². The maximum Gasteiger partial charge on any atom is 0.253 e. The summed E-state index contributed by atoms with van der Waals surface area (Å²) in [6.07, 6.45) is 2.65. The number of hydrogen-bond acceptors (Lipinski definition) is 2. The summed E-state index contributed by atoms with van der Waals surface area (Å²) in [4.78, 5) is 13.8. The molecule has 0 heterocycles. The quantitative estimate of drug-likeness (QED) is 0.854. The van der Waals surface area contributed by atoms with Crippen LogP contribution in [0.15, 0.2) is 18.2 Å². The van der Waals surface area contributed by atoms with Gasteiger partial charge in [0.25, 0.3) is 5.91 Å². The number of aliphatic hydroxyl groups excluding tert-OH is 1. The highest BCUT2D eigenvalue weighted by atomic mass is 19.1. The minimum absolute atomic E-state index is 0.0445. The summed E-state index contributed by atoms with van der Waals surface area (Å²) in [6, 6.07) is 4.34. The number of aliphatic hydroxyl groups is 1. The van der Waals surface area contributed by atoms with Gasteiger partial charge < -0.3 is 10.0 Å². The van der Waals surface area contributed by atoms with Crippen molar-refractivity contribution in [3.05, 3.63) is 35.1 Å². The average molecular weight is 275 g/mol. The van der Waals surface area contributed by atoms with Gasteiger partial charge in [-0.05, 0) is 37.0 Å². The van der Waals surface area contributed by atoms with Crippen LogP contribution in [-0.4, -0.2) is 36.1 Å². The van der Waals surface area contributed by atoms with E-state index in [4.69, 9.17) is 5.11 Å². The minimum Gasteiger partial charge on any atom is -0.395 e. The molecule has 1 saturated carbocycles. The van der Waals surface area contributed by atoms with E-state index in [-0.39, 0.29) is 18.1 Å². The number of benzene rings is 1. The summed E-state index contributed by atoms with van der Waals surface area (Å²) >= 11 is 0. The number of carbonyl (C=O) groups excluding carboxylic acids is 1. The molecule has 4 heteroatoms. The van der Waals surface area contributed by atoms with Crippen LogP contribution in [0.1, 0.15) is 35.2 Å². The van der Waals surface area contributed by atoms with Crippen molar-refractivity contribution in [1.82, 2.24) is 4.90 Å². The second kappa shape index (κ2) is 6.53. The molecule has 0 aromatic heterocycles. The van der Waals surface area contributed by atoms with Gasteiger partial charge in [0.1, 0.15) is 5.82 Å². The van der Waals surface area contributed by atoms with Gasteiger partial charge in [-0.15, -0.1) is 0 Å². The highest BCUT2D eigenvalue weighted by molar-refractivity contribution is 5.94. The zero-order valence-corrected chi connectivity index (χ0v) is 11.5. The van der Waals surface area contributed by atoms with Crippen LogP contribution in [0.4, 0.5) is 4.39 Å². The standard InChI is InChI=1S/C16H18FNO2/c1-18(11-12-5-6-12)16(20)14-8-7-13(15(17)10-14)4-2-3-9-19/h7-8,10,12,19H,3,5-6,9,11H2,1H3. The molecular weight excluding hydrogens is 257 g/mol. The van der Waals surface area contributed by atoms with Gasteiger partial charge in [0.05, 0.1) is 12.2 Å². The second-order valence-electron chi connectivity index (χ2n) is 5.10. The molecule has 0 unspecified atom stereocenters. The van der Waals surface area contributed by atoms with E-state index in [0.717, 1.165) is 6.54 Å². The molecule has 2 rings (SSSR count). The summed E-state index contributed by atoms with van der Waals surface area (Å²) in [5, 5.41) is 8.62. The van der Waals surface area contributed by atoms with Gasteiger partial charge in [-0.25, -0.2) is 4.39 Å². The Balaban J connectivity index is 2.07. The molecule has 1 aromatic rings. The Kier molecular flexibility index (Phi) is 4.75. The third-order valence-electron chi connectivity index (χ3n) is 3.25. The molecule has 0 bridgehead atoms. The van der Waals surface area contributed by atoms with Crippen molar-refractivity contribution in [2.45, 2.75) is 19.3 Å². The number of hydrogen-bond donors (Lipinski definition) is 1. The molecule has 0 aliphatic heterocycles.